The number of carbonyl (C=O) groups excluding carboxylic acids is 2. The zero-order valence-electron chi connectivity index (χ0n) is 12.0. The van der Waals surface area contributed by atoms with Crippen LogP contribution >= 0.6 is 11.3 Å². The summed E-state index contributed by atoms with van der Waals surface area (Å²) < 4.78 is 10.1. The van der Waals surface area contributed by atoms with Gasteiger partial charge in [-0.2, -0.15) is 0 Å². The Hall–Kier alpha value is -1.69. The molecule has 0 fully saturated rings. The molecule has 5 nitrogen and oxygen atoms in total. The lowest BCUT2D eigenvalue weighted by atomic mass is 9.92. The molecule has 0 aliphatic heterocycles. The highest BCUT2D eigenvalue weighted by Crippen LogP contribution is 2.22. The molecule has 6 heteroatoms. The summed E-state index contributed by atoms with van der Waals surface area (Å²) in [4.78, 5) is 28.0. The zero-order valence-corrected chi connectivity index (χ0v) is 12.9. The summed E-state index contributed by atoms with van der Waals surface area (Å²) >= 11 is 1.19. The SMILES string of the molecule is CCOC(=O)c1ncc(COC(=O)C[C@@H]2CC=CCC2)s1. The third-order valence-corrected chi connectivity index (χ3v) is 4.16. The van der Waals surface area contributed by atoms with E-state index in [0.29, 0.717) is 24.0 Å². The fraction of sp³-hybridized carbons (Fsp3) is 0.533. The number of aromatic nitrogens is 1. The van der Waals surface area contributed by atoms with Gasteiger partial charge in [-0.15, -0.1) is 11.3 Å². The van der Waals surface area contributed by atoms with E-state index < -0.39 is 5.97 Å². The monoisotopic (exact) mass is 309 g/mol. The van der Waals surface area contributed by atoms with E-state index in [1.54, 1.807) is 13.1 Å². The molecule has 1 aliphatic rings. The molecular weight excluding hydrogens is 290 g/mol. The van der Waals surface area contributed by atoms with Crippen LogP contribution < -0.4 is 0 Å². The molecule has 0 saturated carbocycles. The number of ether oxygens (including phenoxy) is 2. The normalized spacial score (nSPS) is 17.5. The maximum absolute atomic E-state index is 11.8. The topological polar surface area (TPSA) is 65.5 Å². The minimum atomic E-state index is -0.436. The smallest absolute Gasteiger partial charge is 0.367 e. The van der Waals surface area contributed by atoms with E-state index in [0.717, 1.165) is 24.1 Å². The number of rotatable bonds is 6. The molecule has 0 bridgehead atoms. The third-order valence-electron chi connectivity index (χ3n) is 3.21. The van der Waals surface area contributed by atoms with Crippen LogP contribution in [0, 0.1) is 5.92 Å². The van der Waals surface area contributed by atoms with Crippen LogP contribution in [0.5, 0.6) is 0 Å². The second kappa shape index (κ2) is 7.93. The second-order valence-corrected chi connectivity index (χ2v) is 5.98. The van der Waals surface area contributed by atoms with Gasteiger partial charge in [-0.1, -0.05) is 12.2 Å². The Kier molecular flexibility index (Phi) is 5.92. The Morgan fingerprint density at radius 3 is 2.95 bits per heavy atom. The lowest BCUT2D eigenvalue weighted by Gasteiger charge is -2.16. The van der Waals surface area contributed by atoms with Crippen molar-refractivity contribution in [3.05, 3.63) is 28.2 Å². The zero-order chi connectivity index (χ0) is 15.1. The van der Waals surface area contributed by atoms with Crippen LogP contribution in [0.3, 0.4) is 0 Å². The van der Waals surface area contributed by atoms with Crippen molar-refractivity contribution in [2.45, 2.75) is 39.2 Å². The van der Waals surface area contributed by atoms with Crippen molar-refractivity contribution in [2.75, 3.05) is 6.61 Å². The predicted octanol–water partition coefficient (Wildman–Crippen LogP) is 3.11. The van der Waals surface area contributed by atoms with E-state index in [9.17, 15) is 9.59 Å². The minimum Gasteiger partial charge on any atom is -0.461 e. The fourth-order valence-electron chi connectivity index (χ4n) is 2.15. The molecule has 0 saturated heterocycles. The van der Waals surface area contributed by atoms with Gasteiger partial charge < -0.3 is 9.47 Å². The fourth-order valence-corrected chi connectivity index (χ4v) is 2.87. The standard InChI is InChI=1S/C15H19NO4S/c1-2-19-15(18)14-16-9-12(21-14)10-20-13(17)8-11-6-4-3-5-7-11/h3-4,9,11H,2,5-8,10H2,1H3/t11-/m1/s1. The van der Waals surface area contributed by atoms with Gasteiger partial charge in [-0.25, -0.2) is 9.78 Å². The Labute approximate surface area is 128 Å². The number of hydrogen-bond donors (Lipinski definition) is 0. The van der Waals surface area contributed by atoms with Crippen LogP contribution in [0.4, 0.5) is 0 Å². The van der Waals surface area contributed by atoms with Crippen LogP contribution in [0.25, 0.3) is 0 Å². The van der Waals surface area contributed by atoms with Crippen LogP contribution in [0.2, 0.25) is 0 Å². The maximum Gasteiger partial charge on any atom is 0.367 e. The number of carbonyl (C=O) groups is 2. The van der Waals surface area contributed by atoms with Crippen LogP contribution in [-0.4, -0.2) is 23.5 Å². The Morgan fingerprint density at radius 1 is 1.38 bits per heavy atom. The lowest BCUT2D eigenvalue weighted by molar-refractivity contribution is -0.146. The Bertz CT molecular complexity index is 523. The summed E-state index contributed by atoms with van der Waals surface area (Å²) in [5.74, 6) is -0.241. The summed E-state index contributed by atoms with van der Waals surface area (Å²) in [6, 6.07) is 0. The van der Waals surface area contributed by atoms with Crippen molar-refractivity contribution in [1.82, 2.24) is 4.98 Å². The van der Waals surface area contributed by atoms with E-state index >= 15 is 0 Å². The highest BCUT2D eigenvalue weighted by Gasteiger charge is 2.17. The van der Waals surface area contributed by atoms with Gasteiger partial charge in [0.15, 0.2) is 0 Å². The summed E-state index contributed by atoms with van der Waals surface area (Å²) in [7, 11) is 0. The Morgan fingerprint density at radius 2 is 2.24 bits per heavy atom. The lowest BCUT2D eigenvalue weighted by Crippen LogP contribution is -2.12. The van der Waals surface area contributed by atoms with Crippen LogP contribution in [0.15, 0.2) is 18.3 Å². The molecule has 0 unspecified atom stereocenters. The first-order valence-electron chi connectivity index (χ1n) is 7.11. The first-order chi connectivity index (χ1) is 10.2. The van der Waals surface area contributed by atoms with Crippen molar-refractivity contribution in [1.29, 1.82) is 0 Å². The van der Waals surface area contributed by atoms with E-state index in [4.69, 9.17) is 9.47 Å². The van der Waals surface area contributed by atoms with E-state index in [2.05, 4.69) is 17.1 Å². The quantitative estimate of drug-likeness (QED) is 0.596. The molecule has 1 aromatic rings. The molecule has 1 aromatic heterocycles. The highest BCUT2D eigenvalue weighted by molar-refractivity contribution is 7.13. The molecule has 114 valence electrons. The van der Waals surface area contributed by atoms with Gasteiger partial charge in [0.25, 0.3) is 0 Å². The first-order valence-corrected chi connectivity index (χ1v) is 7.93. The van der Waals surface area contributed by atoms with E-state index in [1.165, 1.54) is 11.3 Å². The van der Waals surface area contributed by atoms with Crippen LogP contribution in [-0.2, 0) is 20.9 Å². The van der Waals surface area contributed by atoms with Gasteiger partial charge in [0.2, 0.25) is 5.01 Å². The van der Waals surface area contributed by atoms with Crippen molar-refractivity contribution >= 4 is 23.3 Å². The van der Waals surface area contributed by atoms with E-state index in [1.807, 2.05) is 0 Å². The van der Waals surface area contributed by atoms with Crippen molar-refractivity contribution in [3.63, 3.8) is 0 Å². The Balaban J connectivity index is 1.76. The largest absolute Gasteiger partial charge is 0.461 e. The van der Waals surface area contributed by atoms with Gasteiger partial charge >= 0.3 is 11.9 Å². The van der Waals surface area contributed by atoms with Crippen LogP contribution in [0.1, 0.15) is 47.3 Å². The highest BCUT2D eigenvalue weighted by atomic mass is 32.1. The maximum atomic E-state index is 11.8. The van der Waals surface area contributed by atoms with Crippen molar-refractivity contribution < 1.29 is 19.1 Å². The first kappa shape index (κ1) is 15.7. The van der Waals surface area contributed by atoms with Gasteiger partial charge in [-0.05, 0) is 32.1 Å². The summed E-state index contributed by atoms with van der Waals surface area (Å²) in [6.07, 6.45) is 9.30. The molecule has 0 aromatic carbocycles. The van der Waals surface area contributed by atoms with Gasteiger partial charge in [0, 0.05) is 12.6 Å². The summed E-state index contributed by atoms with van der Waals surface area (Å²) in [5, 5.41) is 0.292. The molecule has 0 spiro atoms. The number of thiazole rings is 1. The molecule has 21 heavy (non-hydrogen) atoms. The number of hydrogen-bond acceptors (Lipinski definition) is 6. The van der Waals surface area contributed by atoms with E-state index in [-0.39, 0.29) is 12.6 Å². The van der Waals surface area contributed by atoms with Crippen molar-refractivity contribution in [2.24, 2.45) is 5.92 Å². The third kappa shape index (κ3) is 4.97. The number of esters is 2. The predicted molar refractivity (Wildman–Crippen MR) is 79.0 cm³/mol. The van der Waals surface area contributed by atoms with Gasteiger partial charge in [0.05, 0.1) is 11.5 Å². The number of allylic oxidation sites excluding steroid dienone is 2. The minimum absolute atomic E-state index is 0.165. The number of nitrogens with zero attached hydrogens (tertiary/aromatic N) is 1. The molecule has 0 radical (unpaired) electrons. The molecule has 2 rings (SSSR count). The summed E-state index contributed by atoms with van der Waals surface area (Å²) in [5.41, 5.74) is 0. The summed E-state index contributed by atoms with van der Waals surface area (Å²) in [6.45, 7) is 2.23. The molecular formula is C15H19NO4S. The average Bonchev–Trinajstić information content (AvgIpc) is 2.95. The molecule has 1 heterocycles. The molecule has 0 amide bonds. The average molecular weight is 309 g/mol. The second-order valence-electron chi connectivity index (χ2n) is 4.87. The molecule has 1 atom stereocenters. The molecule has 1 aliphatic carbocycles. The molecule has 0 N–H and O–H groups in total. The van der Waals surface area contributed by atoms with Crippen molar-refractivity contribution in [3.8, 4) is 0 Å². The van der Waals surface area contributed by atoms with Gasteiger partial charge in [0.1, 0.15) is 6.61 Å². The van der Waals surface area contributed by atoms with Gasteiger partial charge in [-0.3, -0.25) is 4.79 Å².